The fraction of sp³-hybridized carbons (Fsp3) is 0.646. The number of hydrogen-bond acceptors (Lipinski definition) is 11. The molecule has 0 spiro atoms. The number of para-hydroxylation sites is 1. The van der Waals surface area contributed by atoms with E-state index in [-0.39, 0.29) is 31.4 Å². The van der Waals surface area contributed by atoms with Gasteiger partial charge in [0.1, 0.15) is 35.6 Å². The summed E-state index contributed by atoms with van der Waals surface area (Å²) in [5.41, 5.74) is -0.933. The molecule has 15 nitrogen and oxygen atoms in total. The first-order valence-corrected chi connectivity index (χ1v) is 25.1. The Balaban J connectivity index is 1.13. The van der Waals surface area contributed by atoms with E-state index in [1.165, 1.54) is 30.2 Å². The fourth-order valence-electron chi connectivity index (χ4n) is 10.1. The third-order valence-electron chi connectivity index (χ3n) is 14.0. The van der Waals surface area contributed by atoms with Crippen molar-refractivity contribution in [3.63, 3.8) is 0 Å². The third kappa shape index (κ3) is 10.2. The molecule has 8 rings (SSSR count). The number of sulfonamides is 1. The maximum atomic E-state index is 15.0. The zero-order valence-electron chi connectivity index (χ0n) is 37.6. The number of carbonyl (C=O) groups excluding carboxylic acids is 4. The van der Waals surface area contributed by atoms with Crippen LogP contribution in [0.1, 0.15) is 110 Å². The molecule has 6 aliphatic rings. The van der Waals surface area contributed by atoms with E-state index in [0.29, 0.717) is 43.0 Å². The van der Waals surface area contributed by atoms with Crippen molar-refractivity contribution >= 4 is 44.7 Å². The summed E-state index contributed by atoms with van der Waals surface area (Å²) < 4.78 is 47.6. The second-order valence-corrected chi connectivity index (χ2v) is 21.8. The maximum Gasteiger partial charge on any atom is 0.408 e. The van der Waals surface area contributed by atoms with Crippen LogP contribution < -0.4 is 24.8 Å². The van der Waals surface area contributed by atoms with Crippen LogP contribution in [0.25, 0.3) is 10.9 Å². The first-order chi connectivity index (χ1) is 30.7. The molecule has 64 heavy (non-hydrogen) atoms. The SMILES string of the molecule is C=C[C@@H]1C[C@]1(NC(=O)[C@@H]1C[C@@H]2CN1C(=O)[C@H](C(C)(C)C)NC(=O)O[C@@H]1CCC[C@H]1CC/C=C\Cc1c(nc3ccccc3c1OCCCN1CCCCC1)O2)C(=O)NS(=O)(=O)C1CC1. The lowest BCUT2D eigenvalue weighted by molar-refractivity contribution is -0.143. The second-order valence-electron chi connectivity index (χ2n) is 19.8. The minimum Gasteiger partial charge on any atom is -0.492 e. The van der Waals surface area contributed by atoms with Gasteiger partial charge in [-0.2, -0.15) is 0 Å². The monoisotopic (exact) mass is 902 g/mol. The highest BCUT2D eigenvalue weighted by atomic mass is 32.2. The van der Waals surface area contributed by atoms with E-state index >= 15 is 0 Å². The van der Waals surface area contributed by atoms with E-state index in [4.69, 9.17) is 19.2 Å². The number of ether oxygens (including phenoxy) is 3. The summed E-state index contributed by atoms with van der Waals surface area (Å²) in [7, 11) is -3.92. The molecule has 2 saturated heterocycles. The maximum absolute atomic E-state index is 15.0. The van der Waals surface area contributed by atoms with Crippen molar-refractivity contribution in [2.24, 2.45) is 17.3 Å². The number of piperidine rings is 1. The van der Waals surface area contributed by atoms with Crippen LogP contribution >= 0.6 is 0 Å². The molecule has 0 unspecified atom stereocenters. The van der Waals surface area contributed by atoms with Crippen molar-refractivity contribution in [1.29, 1.82) is 0 Å². The molecule has 2 aromatic rings. The number of rotatable bonds is 11. The van der Waals surface area contributed by atoms with Crippen LogP contribution in [-0.4, -0.2) is 115 Å². The van der Waals surface area contributed by atoms with Crippen LogP contribution in [0.5, 0.6) is 11.6 Å². The number of aromatic nitrogens is 1. The van der Waals surface area contributed by atoms with Crippen LogP contribution in [0, 0.1) is 17.3 Å². The van der Waals surface area contributed by atoms with Crippen molar-refractivity contribution < 1.29 is 41.8 Å². The van der Waals surface area contributed by atoms with Gasteiger partial charge in [-0.05, 0) is 114 Å². The molecule has 3 N–H and O–H groups in total. The molecule has 1 aromatic heterocycles. The molecule has 16 heteroatoms. The van der Waals surface area contributed by atoms with Gasteiger partial charge in [0.25, 0.3) is 5.91 Å². The number of nitrogens with zero attached hydrogens (tertiary/aromatic N) is 3. The predicted octanol–water partition coefficient (Wildman–Crippen LogP) is 5.71. The highest BCUT2D eigenvalue weighted by Crippen LogP contribution is 2.46. The van der Waals surface area contributed by atoms with E-state index in [2.05, 4.69) is 39.0 Å². The van der Waals surface area contributed by atoms with Gasteiger partial charge in [-0.25, -0.2) is 18.2 Å². The van der Waals surface area contributed by atoms with Gasteiger partial charge in [0.05, 0.1) is 29.5 Å². The zero-order chi connectivity index (χ0) is 45.2. The Morgan fingerprint density at radius 3 is 2.55 bits per heavy atom. The molecule has 5 fully saturated rings. The number of benzene rings is 1. The van der Waals surface area contributed by atoms with Gasteiger partial charge < -0.3 is 34.6 Å². The second kappa shape index (κ2) is 19.0. The largest absolute Gasteiger partial charge is 0.492 e. The van der Waals surface area contributed by atoms with Crippen LogP contribution in [0.4, 0.5) is 4.79 Å². The Morgan fingerprint density at radius 1 is 1.03 bits per heavy atom. The van der Waals surface area contributed by atoms with E-state index in [9.17, 15) is 27.6 Å². The smallest absolute Gasteiger partial charge is 0.408 e. The number of nitrogens with one attached hydrogen (secondary N) is 3. The van der Waals surface area contributed by atoms with Crippen LogP contribution in [-0.2, 0) is 35.6 Å². The Morgan fingerprint density at radius 2 is 1.81 bits per heavy atom. The number of allylic oxidation sites excluding steroid dienone is 2. The number of pyridine rings is 1. The van der Waals surface area contributed by atoms with Gasteiger partial charge >= 0.3 is 6.09 Å². The van der Waals surface area contributed by atoms with Gasteiger partial charge in [0.2, 0.25) is 27.7 Å². The van der Waals surface area contributed by atoms with E-state index in [1.807, 2.05) is 45.0 Å². The molecule has 0 radical (unpaired) electrons. The Kier molecular flexibility index (Phi) is 13.6. The highest BCUT2D eigenvalue weighted by molar-refractivity contribution is 7.91. The van der Waals surface area contributed by atoms with Crippen LogP contribution in [0.2, 0.25) is 0 Å². The minimum atomic E-state index is -3.92. The van der Waals surface area contributed by atoms with Crippen molar-refractivity contribution in [3.8, 4) is 11.6 Å². The molecule has 7 atom stereocenters. The number of alkyl carbamates (subject to hydrolysis) is 1. The molecule has 1 aromatic carbocycles. The first-order valence-electron chi connectivity index (χ1n) is 23.5. The predicted molar refractivity (Wildman–Crippen MR) is 242 cm³/mol. The topological polar surface area (TPSA) is 186 Å². The van der Waals surface area contributed by atoms with Gasteiger partial charge in [-0.3, -0.25) is 19.1 Å². The first kappa shape index (κ1) is 45.9. The number of hydrogen-bond donors (Lipinski definition) is 3. The quantitative estimate of drug-likeness (QED) is 0.185. The molecule has 2 bridgehead atoms. The standard InChI is InChI=1S/C48H66N6O9S/c1-5-32-29-48(32,45(57)52-64(59,60)34-22-23-34)51-42(55)38-28-33-30-54(38)44(56)41(47(2,3)4)50-46(58)63-39-21-14-17-31(39)16-8-6-9-19-36-40(61-27-15-26-53-24-12-7-13-25-53)35-18-10-11-20-37(35)49-43(36)62-33/h5-6,9-11,18,20,31-34,38-39,41H,1,7-8,12-17,19,21-30H2,2-4H3,(H,50,58)(H,51,55)(H,52,57)/b9-6-/t31-,32-,33-,38+,39-,41-,48-/m1/s1. The van der Waals surface area contributed by atoms with Crippen molar-refractivity contribution in [1.82, 2.24) is 30.1 Å². The molecule has 348 valence electrons. The Bertz CT molecular complexity index is 2230. The summed E-state index contributed by atoms with van der Waals surface area (Å²) in [4.78, 5) is 66.0. The summed E-state index contributed by atoms with van der Waals surface area (Å²) in [5.74, 6) is -1.33. The van der Waals surface area contributed by atoms with Gasteiger partial charge in [0, 0.05) is 24.3 Å². The Hall–Kier alpha value is -4.70. The number of amides is 4. The van der Waals surface area contributed by atoms with E-state index in [1.54, 1.807) is 0 Å². The molecule has 4 amide bonds. The lowest BCUT2D eigenvalue weighted by atomic mass is 9.85. The number of carbonyl (C=O) groups is 4. The summed E-state index contributed by atoms with van der Waals surface area (Å²) >= 11 is 0. The molecular weight excluding hydrogens is 837 g/mol. The molecule has 4 heterocycles. The zero-order valence-corrected chi connectivity index (χ0v) is 38.5. The molecular formula is C48H66N6O9S. The van der Waals surface area contributed by atoms with Crippen molar-refractivity contribution in [3.05, 3.63) is 54.6 Å². The van der Waals surface area contributed by atoms with E-state index < -0.39 is 74.1 Å². The third-order valence-corrected chi connectivity index (χ3v) is 15.8. The molecule has 3 aliphatic heterocycles. The average Bonchev–Trinajstić information content (AvgIpc) is 4.16. The number of likely N-dealkylation sites (tertiary alicyclic amines) is 1. The van der Waals surface area contributed by atoms with Gasteiger partial charge in [-0.1, -0.05) is 57.6 Å². The lowest BCUT2D eigenvalue weighted by Gasteiger charge is -2.35. The van der Waals surface area contributed by atoms with Gasteiger partial charge in [-0.15, -0.1) is 6.58 Å². The Labute approximate surface area is 377 Å². The van der Waals surface area contributed by atoms with E-state index in [0.717, 1.165) is 69.1 Å². The summed E-state index contributed by atoms with van der Waals surface area (Å²) in [5, 5.41) is 5.96. The number of fused-ring (bicyclic) bond motifs is 5. The molecule has 3 aliphatic carbocycles. The highest BCUT2D eigenvalue weighted by Gasteiger charge is 2.62. The molecule has 3 saturated carbocycles. The minimum absolute atomic E-state index is 0.0231. The van der Waals surface area contributed by atoms with Crippen LogP contribution in [0.3, 0.4) is 0 Å². The van der Waals surface area contributed by atoms with Crippen molar-refractivity contribution in [2.45, 2.75) is 146 Å². The normalized spacial score (nSPS) is 29.8. The van der Waals surface area contributed by atoms with Crippen LogP contribution in [0.15, 0.2) is 49.1 Å². The average molecular weight is 903 g/mol. The lowest BCUT2D eigenvalue weighted by Crippen LogP contribution is -2.60. The fourth-order valence-corrected chi connectivity index (χ4v) is 11.4. The summed E-state index contributed by atoms with van der Waals surface area (Å²) in [6.45, 7) is 13.0. The summed E-state index contributed by atoms with van der Waals surface area (Å²) in [6, 6.07) is 5.54. The van der Waals surface area contributed by atoms with Crippen molar-refractivity contribution in [2.75, 3.05) is 32.8 Å². The summed E-state index contributed by atoms with van der Waals surface area (Å²) in [6.07, 6.45) is 14.4. The van der Waals surface area contributed by atoms with Gasteiger partial charge in [0.15, 0.2) is 0 Å².